The third kappa shape index (κ3) is 5.07. The minimum Gasteiger partial charge on any atom is -0.497 e. The fourth-order valence-electron chi connectivity index (χ4n) is 2.27. The molecule has 0 saturated carbocycles. The van der Waals surface area contributed by atoms with Gasteiger partial charge >= 0.3 is 0 Å². The highest BCUT2D eigenvalue weighted by Crippen LogP contribution is 2.29. The zero-order chi connectivity index (χ0) is 18.2. The molecule has 0 fully saturated rings. The Morgan fingerprint density at radius 3 is 2.64 bits per heavy atom. The Balaban J connectivity index is 2.20. The van der Waals surface area contributed by atoms with Gasteiger partial charge in [0.2, 0.25) is 0 Å². The van der Waals surface area contributed by atoms with Crippen molar-refractivity contribution in [3.05, 3.63) is 35.8 Å². The molecule has 0 aliphatic rings. The van der Waals surface area contributed by atoms with Gasteiger partial charge in [-0.2, -0.15) is 0 Å². The number of amides is 1. The van der Waals surface area contributed by atoms with Gasteiger partial charge < -0.3 is 20.1 Å². The van der Waals surface area contributed by atoms with Gasteiger partial charge in [-0.1, -0.05) is 13.3 Å². The number of hydrogen-bond acceptors (Lipinski definition) is 6. The molecule has 0 spiro atoms. The van der Waals surface area contributed by atoms with Crippen molar-refractivity contribution in [3.8, 4) is 11.5 Å². The maximum Gasteiger partial charge on any atom is 0.274 e. The lowest BCUT2D eigenvalue weighted by atomic mass is 10.2. The fourth-order valence-corrected chi connectivity index (χ4v) is 2.27. The Kier molecular flexibility index (Phi) is 6.56. The van der Waals surface area contributed by atoms with Crippen LogP contribution >= 0.6 is 0 Å². The van der Waals surface area contributed by atoms with E-state index in [0.717, 1.165) is 19.4 Å². The van der Waals surface area contributed by atoms with E-state index >= 15 is 0 Å². The zero-order valence-corrected chi connectivity index (χ0v) is 15.0. The number of rotatable bonds is 8. The summed E-state index contributed by atoms with van der Waals surface area (Å²) in [5.41, 5.74) is 0.806. The van der Waals surface area contributed by atoms with Gasteiger partial charge in [0.15, 0.2) is 0 Å². The summed E-state index contributed by atoms with van der Waals surface area (Å²) >= 11 is 0. The fraction of sp³-hybridized carbons (Fsp3) is 0.389. The van der Waals surface area contributed by atoms with E-state index < -0.39 is 0 Å². The first kappa shape index (κ1) is 18.5. The number of unbranched alkanes of at least 4 members (excludes halogenated alkanes) is 1. The first-order chi connectivity index (χ1) is 12.1. The van der Waals surface area contributed by atoms with Crippen molar-refractivity contribution in [3.63, 3.8) is 0 Å². The average Bonchev–Trinajstić information content (AvgIpc) is 2.61. The molecule has 1 aromatic heterocycles. The molecule has 0 saturated heterocycles. The van der Waals surface area contributed by atoms with Crippen molar-refractivity contribution in [2.24, 2.45) is 0 Å². The van der Waals surface area contributed by atoms with Crippen molar-refractivity contribution in [2.45, 2.75) is 26.7 Å². The number of benzene rings is 1. The van der Waals surface area contributed by atoms with E-state index in [0.29, 0.717) is 28.8 Å². The molecule has 2 rings (SSSR count). The van der Waals surface area contributed by atoms with Crippen LogP contribution < -0.4 is 20.1 Å². The van der Waals surface area contributed by atoms with Crippen LogP contribution in [0.15, 0.2) is 24.3 Å². The lowest BCUT2D eigenvalue weighted by Crippen LogP contribution is -2.16. The van der Waals surface area contributed by atoms with Crippen LogP contribution in [0.1, 0.15) is 36.1 Å². The van der Waals surface area contributed by atoms with Gasteiger partial charge in [0.05, 0.1) is 19.9 Å². The van der Waals surface area contributed by atoms with Gasteiger partial charge in [-0.05, 0) is 25.5 Å². The van der Waals surface area contributed by atoms with Crippen molar-refractivity contribution >= 4 is 17.4 Å². The number of nitrogens with one attached hydrogen (secondary N) is 2. The number of aromatic nitrogens is 2. The lowest BCUT2D eigenvalue weighted by Gasteiger charge is -2.12. The molecule has 0 aliphatic heterocycles. The summed E-state index contributed by atoms with van der Waals surface area (Å²) in [4.78, 5) is 21.1. The second kappa shape index (κ2) is 8.86. The summed E-state index contributed by atoms with van der Waals surface area (Å²) in [6, 6.07) is 6.84. The normalized spacial score (nSPS) is 10.2. The van der Waals surface area contributed by atoms with Gasteiger partial charge in [0, 0.05) is 18.7 Å². The largest absolute Gasteiger partial charge is 0.497 e. The smallest absolute Gasteiger partial charge is 0.274 e. The van der Waals surface area contributed by atoms with Gasteiger partial charge in [0.25, 0.3) is 5.91 Å². The summed E-state index contributed by atoms with van der Waals surface area (Å²) in [6.45, 7) is 4.68. The Bertz CT molecular complexity index is 734. The van der Waals surface area contributed by atoms with Crippen LogP contribution in [0.3, 0.4) is 0 Å². The van der Waals surface area contributed by atoms with Gasteiger partial charge in [-0.15, -0.1) is 0 Å². The molecule has 7 heteroatoms. The second-order valence-corrected chi connectivity index (χ2v) is 5.49. The third-order valence-corrected chi connectivity index (χ3v) is 3.56. The molecule has 134 valence electrons. The zero-order valence-electron chi connectivity index (χ0n) is 15.0. The molecule has 0 aliphatic carbocycles. The second-order valence-electron chi connectivity index (χ2n) is 5.49. The van der Waals surface area contributed by atoms with Gasteiger partial charge in [-0.3, -0.25) is 4.79 Å². The Hall–Kier alpha value is -2.83. The van der Waals surface area contributed by atoms with E-state index in [4.69, 9.17) is 9.47 Å². The van der Waals surface area contributed by atoms with Crippen molar-refractivity contribution in [2.75, 3.05) is 31.4 Å². The van der Waals surface area contributed by atoms with Crippen molar-refractivity contribution < 1.29 is 14.3 Å². The summed E-state index contributed by atoms with van der Waals surface area (Å²) in [7, 11) is 3.11. The van der Waals surface area contributed by atoms with Crippen LogP contribution in [0, 0.1) is 6.92 Å². The topological polar surface area (TPSA) is 85.4 Å². The monoisotopic (exact) mass is 344 g/mol. The molecule has 2 N–H and O–H groups in total. The van der Waals surface area contributed by atoms with E-state index in [1.54, 1.807) is 45.4 Å². The summed E-state index contributed by atoms with van der Waals surface area (Å²) in [5, 5.41) is 6.02. The predicted octanol–water partition coefficient (Wildman–Crippen LogP) is 3.27. The quantitative estimate of drug-likeness (QED) is 0.715. The van der Waals surface area contributed by atoms with Crippen LogP contribution in [0.5, 0.6) is 11.5 Å². The van der Waals surface area contributed by atoms with Crippen molar-refractivity contribution in [1.29, 1.82) is 0 Å². The molecule has 0 bridgehead atoms. The van der Waals surface area contributed by atoms with Gasteiger partial charge in [0.1, 0.15) is 28.8 Å². The molecule has 2 aromatic rings. The molecular weight excluding hydrogens is 320 g/mol. The Morgan fingerprint density at radius 2 is 1.96 bits per heavy atom. The first-order valence-corrected chi connectivity index (χ1v) is 8.20. The molecule has 1 aromatic carbocycles. The minimum absolute atomic E-state index is 0.288. The molecule has 1 heterocycles. The number of hydrogen-bond donors (Lipinski definition) is 2. The van der Waals surface area contributed by atoms with Crippen LogP contribution in [-0.4, -0.2) is 36.6 Å². The Morgan fingerprint density at radius 1 is 1.16 bits per heavy atom. The number of anilines is 2. The minimum atomic E-state index is -0.337. The van der Waals surface area contributed by atoms with Crippen LogP contribution in [0.2, 0.25) is 0 Å². The molecule has 0 atom stereocenters. The number of methoxy groups -OCH3 is 2. The SMILES string of the molecule is CCCCNc1cc(C(=O)Nc2cc(OC)ccc2OC)nc(C)n1. The summed E-state index contributed by atoms with van der Waals surface area (Å²) in [5.74, 6) is 2.00. The lowest BCUT2D eigenvalue weighted by molar-refractivity contribution is 0.102. The molecule has 7 nitrogen and oxygen atoms in total. The molecular formula is C18H24N4O3. The van der Waals surface area contributed by atoms with Crippen LogP contribution in [0.4, 0.5) is 11.5 Å². The highest BCUT2D eigenvalue weighted by molar-refractivity contribution is 6.04. The van der Waals surface area contributed by atoms with Crippen LogP contribution in [0.25, 0.3) is 0 Å². The number of carbonyl (C=O) groups is 1. The number of nitrogens with zero attached hydrogens (tertiary/aromatic N) is 2. The standard InChI is InChI=1S/C18H24N4O3/c1-5-6-9-19-17-11-15(20-12(2)21-17)18(23)22-14-10-13(24-3)7-8-16(14)25-4/h7-8,10-11H,5-6,9H2,1-4H3,(H,22,23)(H,19,20,21). The number of aryl methyl sites for hydroxylation is 1. The number of carbonyl (C=O) groups excluding carboxylic acids is 1. The van der Waals surface area contributed by atoms with Gasteiger partial charge in [-0.25, -0.2) is 9.97 Å². The van der Waals surface area contributed by atoms with Crippen LogP contribution in [-0.2, 0) is 0 Å². The number of ether oxygens (including phenoxy) is 2. The maximum atomic E-state index is 12.6. The van der Waals surface area contributed by atoms with E-state index in [2.05, 4.69) is 27.5 Å². The maximum absolute atomic E-state index is 12.6. The van der Waals surface area contributed by atoms with Crippen molar-refractivity contribution in [1.82, 2.24) is 9.97 Å². The van der Waals surface area contributed by atoms with E-state index in [-0.39, 0.29) is 11.6 Å². The molecule has 0 radical (unpaired) electrons. The molecule has 1 amide bonds. The summed E-state index contributed by atoms with van der Waals surface area (Å²) in [6.07, 6.45) is 2.12. The van der Waals surface area contributed by atoms with E-state index in [1.807, 2.05) is 0 Å². The van der Waals surface area contributed by atoms with E-state index in [9.17, 15) is 4.79 Å². The first-order valence-electron chi connectivity index (χ1n) is 8.20. The highest BCUT2D eigenvalue weighted by atomic mass is 16.5. The third-order valence-electron chi connectivity index (χ3n) is 3.56. The Labute approximate surface area is 147 Å². The van der Waals surface area contributed by atoms with E-state index in [1.165, 1.54) is 0 Å². The average molecular weight is 344 g/mol. The predicted molar refractivity (Wildman–Crippen MR) is 97.7 cm³/mol. The summed E-state index contributed by atoms with van der Waals surface area (Å²) < 4.78 is 10.5. The molecule has 25 heavy (non-hydrogen) atoms. The molecule has 0 unspecified atom stereocenters. The highest BCUT2D eigenvalue weighted by Gasteiger charge is 2.14.